The number of benzene rings is 1. The van der Waals surface area contributed by atoms with Crippen molar-refractivity contribution in [3.8, 4) is 5.75 Å². The van der Waals surface area contributed by atoms with Crippen LogP contribution in [-0.2, 0) is 26.2 Å². The van der Waals surface area contributed by atoms with Gasteiger partial charge in [0.15, 0.2) is 5.96 Å². The lowest BCUT2D eigenvalue weighted by molar-refractivity contribution is -0.115. The predicted octanol–water partition coefficient (Wildman–Crippen LogP) is 3.05. The molecule has 1 aromatic rings. The molecule has 2 aliphatic rings. The van der Waals surface area contributed by atoms with Crippen molar-refractivity contribution >= 4 is 12.4 Å². The Bertz CT molecular complexity index is 812. The van der Waals surface area contributed by atoms with Gasteiger partial charge in [-0.25, -0.2) is 4.99 Å². The van der Waals surface area contributed by atoms with Gasteiger partial charge in [0.1, 0.15) is 5.75 Å². The van der Waals surface area contributed by atoms with Crippen molar-refractivity contribution in [2.45, 2.75) is 57.3 Å². The molecule has 1 fully saturated rings. The van der Waals surface area contributed by atoms with Gasteiger partial charge in [0.2, 0.25) is 6.41 Å². The van der Waals surface area contributed by atoms with Gasteiger partial charge in [0, 0.05) is 19.6 Å². The van der Waals surface area contributed by atoms with E-state index in [1.807, 2.05) is 13.0 Å². The van der Waals surface area contributed by atoms with Crippen LogP contribution in [0.4, 0.5) is 8.78 Å². The first kappa shape index (κ1) is 23.4. The highest BCUT2D eigenvalue weighted by Gasteiger charge is 2.56. The van der Waals surface area contributed by atoms with Gasteiger partial charge in [-0.05, 0) is 62.3 Å². The van der Waals surface area contributed by atoms with Crippen LogP contribution in [-0.4, -0.2) is 57.4 Å². The van der Waals surface area contributed by atoms with Gasteiger partial charge >= 0.3 is 6.61 Å². The number of fused-ring (bicyclic) bond motifs is 1. The second-order valence-electron chi connectivity index (χ2n) is 8.42. The number of nitrogens with zero attached hydrogens (tertiary/aromatic N) is 2. The highest BCUT2D eigenvalue weighted by Crippen LogP contribution is 2.60. The Morgan fingerprint density at radius 1 is 1.35 bits per heavy atom. The number of alkyl halides is 2. The fourth-order valence-corrected chi connectivity index (χ4v) is 5.09. The van der Waals surface area contributed by atoms with Crippen molar-refractivity contribution in [1.82, 2.24) is 4.90 Å². The maximum absolute atomic E-state index is 12.8. The number of carbonyl (C=O) groups excluding carboxylic acids is 1. The van der Waals surface area contributed by atoms with Crippen LogP contribution in [0.3, 0.4) is 0 Å². The van der Waals surface area contributed by atoms with Crippen LogP contribution >= 0.6 is 0 Å². The molecular weight excluding hydrogens is 408 g/mol. The molecule has 1 amide bonds. The maximum atomic E-state index is 12.8. The number of hydrogen-bond acceptors (Lipinski definition) is 5. The lowest BCUT2D eigenvalue weighted by Crippen LogP contribution is -2.47. The van der Waals surface area contributed by atoms with Crippen LogP contribution in [0.25, 0.3) is 0 Å². The summed E-state index contributed by atoms with van der Waals surface area (Å²) < 4.78 is 40.9. The zero-order valence-electron chi connectivity index (χ0n) is 18.3. The molecule has 1 aromatic carbocycles. The highest BCUT2D eigenvalue weighted by molar-refractivity contribution is 5.88. The minimum atomic E-state index is -2.91. The lowest BCUT2D eigenvalue weighted by Gasteiger charge is -2.46. The Hall–Kier alpha value is -2.26. The van der Waals surface area contributed by atoms with E-state index in [-0.39, 0.29) is 29.8 Å². The van der Waals surface area contributed by atoms with Crippen LogP contribution in [0.2, 0.25) is 0 Å². The molecule has 0 aromatic heterocycles. The van der Waals surface area contributed by atoms with Crippen LogP contribution in [0.5, 0.6) is 5.75 Å². The molecule has 0 radical (unpaired) electrons. The normalized spacial score (nSPS) is 28.1. The van der Waals surface area contributed by atoms with E-state index in [4.69, 9.17) is 20.2 Å². The second-order valence-corrected chi connectivity index (χ2v) is 8.42. The van der Waals surface area contributed by atoms with Crippen LogP contribution in [0.15, 0.2) is 23.2 Å². The zero-order valence-corrected chi connectivity index (χ0v) is 18.3. The Kier molecular flexibility index (Phi) is 7.16. The number of carbonyl (C=O) groups is 1. The van der Waals surface area contributed by atoms with Gasteiger partial charge in [-0.15, -0.1) is 0 Å². The third kappa shape index (κ3) is 4.52. The summed E-state index contributed by atoms with van der Waals surface area (Å²) in [6.45, 7) is -0.351. The van der Waals surface area contributed by atoms with E-state index in [9.17, 15) is 13.6 Å². The van der Waals surface area contributed by atoms with E-state index in [0.717, 1.165) is 43.2 Å². The third-order valence-corrected chi connectivity index (χ3v) is 6.91. The third-order valence-electron chi connectivity index (χ3n) is 6.91. The van der Waals surface area contributed by atoms with Crippen molar-refractivity contribution in [3.05, 3.63) is 29.3 Å². The number of hydrogen-bond donors (Lipinski definition) is 1. The van der Waals surface area contributed by atoms with Gasteiger partial charge in [-0.2, -0.15) is 8.78 Å². The van der Waals surface area contributed by atoms with Crippen molar-refractivity contribution in [2.24, 2.45) is 16.1 Å². The summed E-state index contributed by atoms with van der Waals surface area (Å²) in [5.74, 6) is 0.166. The Balaban J connectivity index is 2.05. The van der Waals surface area contributed by atoms with E-state index in [1.165, 1.54) is 4.90 Å². The fraction of sp³-hybridized carbons (Fsp3) is 0.636. The first-order valence-electron chi connectivity index (χ1n) is 10.5. The monoisotopic (exact) mass is 439 g/mol. The number of guanidine groups is 1. The summed E-state index contributed by atoms with van der Waals surface area (Å²) in [6, 6.07) is 5.03. The Labute approximate surface area is 181 Å². The van der Waals surface area contributed by atoms with E-state index in [0.29, 0.717) is 13.0 Å². The van der Waals surface area contributed by atoms with Gasteiger partial charge < -0.3 is 19.9 Å². The summed E-state index contributed by atoms with van der Waals surface area (Å²) in [7, 11) is 3.26. The van der Waals surface area contributed by atoms with Gasteiger partial charge in [0.25, 0.3) is 0 Å². The van der Waals surface area contributed by atoms with Crippen molar-refractivity contribution in [2.75, 3.05) is 27.4 Å². The molecule has 0 bridgehead atoms. The quantitative estimate of drug-likeness (QED) is 0.382. The summed E-state index contributed by atoms with van der Waals surface area (Å²) in [5.41, 5.74) is 7.05. The van der Waals surface area contributed by atoms with Gasteiger partial charge in [-0.3, -0.25) is 9.69 Å². The molecular formula is C22H31F2N3O4. The van der Waals surface area contributed by atoms with Crippen LogP contribution in [0.1, 0.15) is 43.7 Å². The number of methoxy groups -OCH3 is 2. The number of nitrogens with two attached hydrogens (primary N) is 1. The first-order chi connectivity index (χ1) is 14.8. The summed E-state index contributed by atoms with van der Waals surface area (Å²) in [5, 5.41) is 0. The molecule has 9 heteroatoms. The van der Waals surface area contributed by atoms with E-state index in [2.05, 4.69) is 4.74 Å². The average molecular weight is 440 g/mol. The van der Waals surface area contributed by atoms with Crippen LogP contribution < -0.4 is 10.5 Å². The Morgan fingerprint density at radius 3 is 2.65 bits per heavy atom. The topological polar surface area (TPSA) is 86.4 Å². The number of amides is 1. The van der Waals surface area contributed by atoms with Gasteiger partial charge in [-0.1, -0.05) is 6.07 Å². The van der Waals surface area contributed by atoms with Crippen molar-refractivity contribution < 1.29 is 27.8 Å². The SMILES string of the molecule is COCCN(C=O)/C(N)=N\C1(C)c2cc(OC(F)F)ccc2C[C@]12CC[C@@H](OC)CC2. The summed E-state index contributed by atoms with van der Waals surface area (Å²) in [6.07, 6.45) is 5.00. The summed E-state index contributed by atoms with van der Waals surface area (Å²) in [4.78, 5) is 17.8. The van der Waals surface area contributed by atoms with Crippen molar-refractivity contribution in [3.63, 3.8) is 0 Å². The molecule has 1 spiro atoms. The Morgan fingerprint density at radius 2 is 2.06 bits per heavy atom. The molecule has 172 valence electrons. The van der Waals surface area contributed by atoms with Crippen molar-refractivity contribution in [1.29, 1.82) is 0 Å². The smallest absolute Gasteiger partial charge is 0.387 e. The summed E-state index contributed by atoms with van der Waals surface area (Å²) >= 11 is 0. The second kappa shape index (κ2) is 9.48. The van der Waals surface area contributed by atoms with E-state index in [1.54, 1.807) is 26.4 Å². The molecule has 2 N–H and O–H groups in total. The largest absolute Gasteiger partial charge is 0.435 e. The van der Waals surface area contributed by atoms with Gasteiger partial charge in [0.05, 0.1) is 24.8 Å². The molecule has 2 aliphatic carbocycles. The average Bonchev–Trinajstić information content (AvgIpc) is 2.96. The minimum Gasteiger partial charge on any atom is -0.435 e. The number of halogens is 2. The maximum Gasteiger partial charge on any atom is 0.387 e. The molecule has 3 rings (SSSR count). The molecule has 1 saturated carbocycles. The highest BCUT2D eigenvalue weighted by atomic mass is 19.3. The zero-order chi connectivity index (χ0) is 22.6. The minimum absolute atomic E-state index is 0.0795. The first-order valence-corrected chi connectivity index (χ1v) is 10.5. The molecule has 0 heterocycles. The number of ether oxygens (including phenoxy) is 3. The lowest BCUT2D eigenvalue weighted by atomic mass is 9.62. The molecule has 0 aliphatic heterocycles. The number of aliphatic imine (C=N–C) groups is 1. The number of rotatable bonds is 8. The molecule has 0 saturated heterocycles. The fourth-order valence-electron chi connectivity index (χ4n) is 5.09. The molecule has 1 atom stereocenters. The van der Waals surface area contributed by atoms with E-state index >= 15 is 0 Å². The predicted molar refractivity (Wildman–Crippen MR) is 112 cm³/mol. The molecule has 31 heavy (non-hydrogen) atoms. The standard InChI is InChI=1S/C22H31F2N3O4/c1-21(26-20(25)27(14-28)10-11-29-2)18-12-17(31-19(23)24)5-4-15(18)13-22(21)8-6-16(30-3)7-9-22/h4-5,12,14,16,19H,6-11,13H2,1-3H3,(H2,25,26)/t16-,21?,22-. The van der Waals surface area contributed by atoms with Crippen LogP contribution in [0, 0.1) is 5.41 Å². The molecule has 7 nitrogen and oxygen atoms in total. The molecule has 1 unspecified atom stereocenters. The van der Waals surface area contributed by atoms with E-state index < -0.39 is 12.2 Å².